The lowest BCUT2D eigenvalue weighted by atomic mass is 9.88. The molecule has 0 saturated carbocycles. The van der Waals surface area contributed by atoms with E-state index < -0.39 is 0 Å². The third-order valence-electron chi connectivity index (χ3n) is 5.77. The number of nitrogens with one attached hydrogen (secondary N) is 2. The Morgan fingerprint density at radius 3 is 2.85 bits per heavy atom. The van der Waals surface area contributed by atoms with Gasteiger partial charge in [0.1, 0.15) is 0 Å². The summed E-state index contributed by atoms with van der Waals surface area (Å²) >= 11 is 1.75. The predicted molar refractivity (Wildman–Crippen MR) is 112 cm³/mol. The Balaban J connectivity index is 1.28. The molecule has 2 N–H and O–H groups in total. The number of piperidine rings is 1. The number of nitrogens with zero attached hydrogens (tertiary/aromatic N) is 1. The van der Waals surface area contributed by atoms with E-state index in [1.54, 1.807) is 11.3 Å². The molecule has 4 rings (SSSR count). The number of carbonyl (C=O) groups excluding carboxylic acids is 1. The Kier molecular flexibility index (Phi) is 5.60. The van der Waals surface area contributed by atoms with Crippen molar-refractivity contribution in [1.29, 1.82) is 0 Å². The Morgan fingerprint density at radius 2 is 2.07 bits per heavy atom. The van der Waals surface area contributed by atoms with Crippen LogP contribution < -0.4 is 5.32 Å². The van der Waals surface area contributed by atoms with E-state index in [1.807, 2.05) is 6.92 Å². The summed E-state index contributed by atoms with van der Waals surface area (Å²) < 4.78 is 0. The Morgan fingerprint density at radius 1 is 1.26 bits per heavy atom. The fraction of sp³-hybridized carbons (Fsp3) is 0.409. The molecule has 3 aromatic rings. The topological polar surface area (TPSA) is 48.1 Å². The average Bonchev–Trinajstić information content (AvgIpc) is 3.37. The SMILES string of the molecule is CC(C(=O)NCCc1cccs1)N1CCC(c2c[nH]c3ccccc23)CC1. The fourth-order valence-electron chi connectivity index (χ4n) is 4.11. The molecule has 0 bridgehead atoms. The third-order valence-corrected chi connectivity index (χ3v) is 6.70. The van der Waals surface area contributed by atoms with Gasteiger partial charge in [0.15, 0.2) is 0 Å². The molecule has 1 aliphatic heterocycles. The van der Waals surface area contributed by atoms with E-state index in [0.29, 0.717) is 5.92 Å². The number of aromatic nitrogens is 1. The van der Waals surface area contributed by atoms with Gasteiger partial charge >= 0.3 is 0 Å². The summed E-state index contributed by atoms with van der Waals surface area (Å²) in [6, 6.07) is 12.6. The van der Waals surface area contributed by atoms with Crippen LogP contribution in [0.15, 0.2) is 48.0 Å². The summed E-state index contributed by atoms with van der Waals surface area (Å²) in [5, 5.41) is 6.53. The lowest BCUT2D eigenvalue weighted by molar-refractivity contribution is -0.126. The highest BCUT2D eigenvalue weighted by Crippen LogP contribution is 2.33. The van der Waals surface area contributed by atoms with Gasteiger partial charge in [0, 0.05) is 28.5 Å². The first-order valence-corrected chi connectivity index (χ1v) is 10.7. The lowest BCUT2D eigenvalue weighted by Crippen LogP contribution is -2.48. The predicted octanol–water partition coefficient (Wildman–Crippen LogP) is 4.16. The Labute approximate surface area is 164 Å². The second-order valence-electron chi connectivity index (χ2n) is 7.40. The summed E-state index contributed by atoms with van der Waals surface area (Å²) in [5.74, 6) is 0.726. The molecule has 1 aromatic carbocycles. The number of para-hydroxylation sites is 1. The zero-order chi connectivity index (χ0) is 18.6. The minimum Gasteiger partial charge on any atom is -0.361 e. The van der Waals surface area contributed by atoms with E-state index in [1.165, 1.54) is 21.3 Å². The normalized spacial score (nSPS) is 17.2. The van der Waals surface area contributed by atoms with Gasteiger partial charge in [0.05, 0.1) is 6.04 Å². The summed E-state index contributed by atoms with van der Waals surface area (Å²) in [6.07, 6.45) is 5.30. The van der Waals surface area contributed by atoms with Gasteiger partial charge in [-0.25, -0.2) is 0 Å². The quantitative estimate of drug-likeness (QED) is 0.674. The highest BCUT2D eigenvalue weighted by Gasteiger charge is 2.28. The molecular weight excluding hydrogens is 354 g/mol. The van der Waals surface area contributed by atoms with E-state index in [0.717, 1.165) is 38.9 Å². The number of hydrogen-bond acceptors (Lipinski definition) is 3. The van der Waals surface area contributed by atoms with Gasteiger partial charge in [0.2, 0.25) is 5.91 Å². The van der Waals surface area contributed by atoms with E-state index in [9.17, 15) is 4.79 Å². The molecule has 3 heterocycles. The molecule has 27 heavy (non-hydrogen) atoms. The van der Waals surface area contributed by atoms with E-state index in [2.05, 4.69) is 63.2 Å². The van der Waals surface area contributed by atoms with Gasteiger partial charge in [-0.05, 0) is 68.3 Å². The number of amides is 1. The van der Waals surface area contributed by atoms with Crippen LogP contribution in [0.4, 0.5) is 0 Å². The van der Waals surface area contributed by atoms with Crippen molar-refractivity contribution in [3.63, 3.8) is 0 Å². The maximum Gasteiger partial charge on any atom is 0.237 e. The number of fused-ring (bicyclic) bond motifs is 1. The maximum atomic E-state index is 12.5. The minimum absolute atomic E-state index is 0.0581. The molecule has 1 amide bonds. The van der Waals surface area contributed by atoms with Crippen molar-refractivity contribution >= 4 is 28.1 Å². The molecule has 1 unspecified atom stereocenters. The van der Waals surface area contributed by atoms with E-state index >= 15 is 0 Å². The van der Waals surface area contributed by atoms with E-state index in [4.69, 9.17) is 0 Å². The van der Waals surface area contributed by atoms with Crippen molar-refractivity contribution < 1.29 is 4.79 Å². The molecule has 5 heteroatoms. The van der Waals surface area contributed by atoms with Crippen molar-refractivity contribution in [3.8, 4) is 0 Å². The summed E-state index contributed by atoms with van der Waals surface area (Å²) in [6.45, 7) is 4.70. The first-order valence-electron chi connectivity index (χ1n) is 9.82. The highest BCUT2D eigenvalue weighted by atomic mass is 32.1. The van der Waals surface area contributed by atoms with Gasteiger partial charge in [-0.3, -0.25) is 9.69 Å². The number of aromatic amines is 1. The van der Waals surface area contributed by atoms with Crippen molar-refractivity contribution in [3.05, 3.63) is 58.4 Å². The molecule has 4 nitrogen and oxygen atoms in total. The maximum absolute atomic E-state index is 12.5. The van der Waals surface area contributed by atoms with Crippen LogP contribution in [-0.2, 0) is 11.2 Å². The van der Waals surface area contributed by atoms with Crippen LogP contribution in [0, 0.1) is 0 Å². The van der Waals surface area contributed by atoms with E-state index in [-0.39, 0.29) is 11.9 Å². The van der Waals surface area contributed by atoms with Gasteiger partial charge in [-0.15, -0.1) is 11.3 Å². The summed E-state index contributed by atoms with van der Waals surface area (Å²) in [4.78, 5) is 19.5. The summed E-state index contributed by atoms with van der Waals surface area (Å²) in [5.41, 5.74) is 2.65. The molecule has 142 valence electrons. The Bertz CT molecular complexity index is 878. The number of thiophene rings is 1. The van der Waals surface area contributed by atoms with Crippen LogP contribution in [0.3, 0.4) is 0 Å². The van der Waals surface area contributed by atoms with Crippen molar-refractivity contribution in [2.75, 3.05) is 19.6 Å². The van der Waals surface area contributed by atoms with Crippen molar-refractivity contribution in [1.82, 2.24) is 15.2 Å². The van der Waals surface area contributed by atoms with Crippen LogP contribution in [0.25, 0.3) is 10.9 Å². The molecule has 1 saturated heterocycles. The number of likely N-dealkylation sites (tertiary alicyclic amines) is 1. The minimum atomic E-state index is -0.0581. The van der Waals surface area contributed by atoms with Gasteiger partial charge in [-0.1, -0.05) is 24.3 Å². The molecule has 0 aliphatic carbocycles. The zero-order valence-electron chi connectivity index (χ0n) is 15.8. The molecule has 1 aliphatic rings. The van der Waals surface area contributed by atoms with Crippen LogP contribution in [0.5, 0.6) is 0 Å². The average molecular weight is 382 g/mol. The van der Waals surface area contributed by atoms with Crippen LogP contribution >= 0.6 is 11.3 Å². The second kappa shape index (κ2) is 8.28. The standard InChI is InChI=1S/C22H27N3OS/c1-16(22(26)23-11-8-18-5-4-14-27-18)25-12-9-17(10-13-25)20-15-24-21-7-3-2-6-19(20)21/h2-7,14-17,24H,8-13H2,1H3,(H,23,26). The molecule has 2 aromatic heterocycles. The fourth-order valence-corrected chi connectivity index (χ4v) is 4.82. The lowest BCUT2D eigenvalue weighted by Gasteiger charge is -2.35. The van der Waals surface area contributed by atoms with Crippen molar-refractivity contribution in [2.24, 2.45) is 0 Å². The second-order valence-corrected chi connectivity index (χ2v) is 8.43. The number of H-pyrrole nitrogens is 1. The number of rotatable bonds is 6. The first kappa shape index (κ1) is 18.3. The van der Waals surface area contributed by atoms with Crippen LogP contribution in [0.1, 0.15) is 36.1 Å². The molecule has 1 atom stereocenters. The van der Waals surface area contributed by atoms with Gasteiger partial charge < -0.3 is 10.3 Å². The van der Waals surface area contributed by atoms with Crippen molar-refractivity contribution in [2.45, 2.75) is 38.1 Å². The highest BCUT2D eigenvalue weighted by molar-refractivity contribution is 7.09. The van der Waals surface area contributed by atoms with Crippen LogP contribution in [-0.4, -0.2) is 41.5 Å². The largest absolute Gasteiger partial charge is 0.361 e. The smallest absolute Gasteiger partial charge is 0.237 e. The summed E-state index contributed by atoms with van der Waals surface area (Å²) in [7, 11) is 0. The van der Waals surface area contributed by atoms with Gasteiger partial charge in [-0.2, -0.15) is 0 Å². The molecular formula is C22H27N3OS. The molecule has 1 fully saturated rings. The Hall–Kier alpha value is -2.11. The third kappa shape index (κ3) is 4.09. The van der Waals surface area contributed by atoms with Crippen LogP contribution in [0.2, 0.25) is 0 Å². The molecule has 0 radical (unpaired) electrons. The number of hydrogen-bond donors (Lipinski definition) is 2. The zero-order valence-corrected chi connectivity index (χ0v) is 16.6. The first-order chi connectivity index (χ1) is 13.2. The molecule has 0 spiro atoms. The number of benzene rings is 1. The van der Waals surface area contributed by atoms with Gasteiger partial charge in [0.25, 0.3) is 0 Å². The number of carbonyl (C=O) groups is 1. The monoisotopic (exact) mass is 381 g/mol.